The van der Waals surface area contributed by atoms with Crippen molar-refractivity contribution < 1.29 is 18.4 Å². The van der Waals surface area contributed by atoms with Gasteiger partial charge in [-0.15, -0.1) is 0 Å². The molecule has 8 nitrogen and oxygen atoms in total. The number of piperazine rings is 1. The fraction of sp³-hybridized carbons (Fsp3) is 0.375. The van der Waals surface area contributed by atoms with E-state index >= 15 is 4.39 Å². The van der Waals surface area contributed by atoms with Crippen LogP contribution < -0.4 is 10.2 Å². The van der Waals surface area contributed by atoms with E-state index in [1.807, 2.05) is 12.1 Å². The Kier molecular flexibility index (Phi) is 8.76. The van der Waals surface area contributed by atoms with E-state index in [2.05, 4.69) is 60.0 Å². The molecule has 2 aromatic carbocycles. The summed E-state index contributed by atoms with van der Waals surface area (Å²) in [5.74, 6) is -0.797. The monoisotopic (exact) mass is 617 g/mol. The van der Waals surface area contributed by atoms with Crippen LogP contribution in [-0.4, -0.2) is 68.7 Å². The van der Waals surface area contributed by atoms with E-state index in [-0.39, 0.29) is 15.8 Å². The third-order valence-corrected chi connectivity index (χ3v) is 13.9. The summed E-state index contributed by atoms with van der Waals surface area (Å²) in [4.78, 5) is 32.8. The summed E-state index contributed by atoms with van der Waals surface area (Å²) >= 11 is 0.836. The van der Waals surface area contributed by atoms with Crippen LogP contribution in [0.5, 0.6) is 0 Å². The van der Waals surface area contributed by atoms with Crippen molar-refractivity contribution in [3.8, 4) is 17.2 Å². The Hall–Kier alpha value is -3.56. The highest BCUT2D eigenvalue weighted by Crippen LogP contribution is 2.37. The van der Waals surface area contributed by atoms with Gasteiger partial charge in [0.05, 0.1) is 21.7 Å². The molecule has 2 saturated heterocycles. The number of benzene rings is 2. The molecule has 3 aromatic rings. The first kappa shape index (κ1) is 30.9. The minimum Gasteiger partial charge on any atom is -0.416 e. The largest absolute Gasteiger partial charge is 0.416 e. The Labute approximate surface area is 257 Å². The molecule has 43 heavy (non-hydrogen) atoms. The second kappa shape index (κ2) is 12.2. The first-order chi connectivity index (χ1) is 20.4. The van der Waals surface area contributed by atoms with Gasteiger partial charge >= 0.3 is 0 Å². The molecule has 1 aromatic heterocycles. The molecule has 3 heterocycles. The number of nitriles is 1. The van der Waals surface area contributed by atoms with E-state index in [0.717, 1.165) is 31.4 Å². The van der Waals surface area contributed by atoms with Gasteiger partial charge in [0.25, 0.3) is 11.1 Å². The van der Waals surface area contributed by atoms with Gasteiger partial charge in [0.2, 0.25) is 0 Å². The molecule has 2 aliphatic heterocycles. The van der Waals surface area contributed by atoms with E-state index < -0.39 is 19.5 Å². The molecular weight excluding hydrogens is 582 g/mol. The van der Waals surface area contributed by atoms with Gasteiger partial charge in [0.1, 0.15) is 11.9 Å². The van der Waals surface area contributed by atoms with Crippen molar-refractivity contribution >= 4 is 53.9 Å². The predicted molar refractivity (Wildman–Crippen MR) is 173 cm³/mol. The smallest absolute Gasteiger partial charge is 0.290 e. The molecule has 0 atom stereocenters. The summed E-state index contributed by atoms with van der Waals surface area (Å²) in [7, 11) is -1.78. The topological polar surface area (TPSA) is 98.6 Å². The molecule has 0 radical (unpaired) electrons. The van der Waals surface area contributed by atoms with Crippen LogP contribution in [0.25, 0.3) is 28.1 Å². The summed E-state index contributed by atoms with van der Waals surface area (Å²) in [6.07, 6.45) is 3.12. The SMILES string of the molecule is CC(C)(C)[Si](C)(C)OCCN1CCN(c2ccc(-c3c(C#N)cnc4ccc(C=C5SC(=O)NC5=O)cc34)cc2F)CC1. The first-order valence-corrected chi connectivity index (χ1v) is 18.1. The number of pyridine rings is 1. The average molecular weight is 618 g/mol. The number of aromatic nitrogens is 1. The van der Waals surface area contributed by atoms with E-state index in [0.29, 0.717) is 58.5 Å². The number of thioether (sulfide) groups is 1. The Balaban J connectivity index is 1.34. The zero-order chi connectivity index (χ0) is 30.9. The van der Waals surface area contributed by atoms with Crippen molar-refractivity contribution in [2.45, 2.75) is 38.9 Å². The summed E-state index contributed by atoms with van der Waals surface area (Å²) in [5.41, 5.74) is 3.30. The zero-order valence-electron chi connectivity index (χ0n) is 25.2. The summed E-state index contributed by atoms with van der Waals surface area (Å²) in [6.45, 7) is 15.9. The number of halogens is 1. The molecule has 0 spiro atoms. The molecule has 11 heteroatoms. The zero-order valence-corrected chi connectivity index (χ0v) is 27.0. The number of nitrogens with zero attached hydrogens (tertiary/aromatic N) is 4. The van der Waals surface area contributed by atoms with Gasteiger partial charge in [0.15, 0.2) is 8.32 Å². The average Bonchev–Trinajstić information content (AvgIpc) is 3.27. The van der Waals surface area contributed by atoms with E-state index in [1.165, 1.54) is 12.3 Å². The number of carbonyl (C=O) groups is 2. The van der Waals surface area contributed by atoms with Crippen LogP contribution in [0.15, 0.2) is 47.5 Å². The number of hydrogen-bond donors (Lipinski definition) is 1. The van der Waals surface area contributed by atoms with Crippen LogP contribution in [0, 0.1) is 17.1 Å². The van der Waals surface area contributed by atoms with Crippen molar-refractivity contribution in [3.05, 3.63) is 64.4 Å². The highest BCUT2D eigenvalue weighted by Gasteiger charge is 2.37. The van der Waals surface area contributed by atoms with Crippen LogP contribution in [-0.2, 0) is 9.22 Å². The lowest BCUT2D eigenvalue weighted by Crippen LogP contribution is -2.49. The lowest BCUT2D eigenvalue weighted by atomic mass is 9.95. The van der Waals surface area contributed by atoms with Crippen molar-refractivity contribution in [1.82, 2.24) is 15.2 Å². The Morgan fingerprint density at radius 3 is 2.51 bits per heavy atom. The van der Waals surface area contributed by atoms with Gasteiger partial charge in [-0.2, -0.15) is 5.26 Å². The molecule has 0 aliphatic carbocycles. The number of nitrogens with one attached hydrogen (secondary N) is 1. The standard InChI is InChI=1S/C32H36FN5O3SSi/c1-32(2,3)43(4,5)41-15-14-37-10-12-38(13-11-37)27-9-7-22(18-25(27)33)29-23(19-34)20-35-26-8-6-21(16-24(26)29)17-28-30(39)36-31(40)42-28/h6-9,16-18,20H,10-15H2,1-5H3,(H,36,39,40). The number of fused-ring (bicyclic) bond motifs is 1. The van der Waals surface area contributed by atoms with Crippen LogP contribution in [0.1, 0.15) is 31.9 Å². The number of carbonyl (C=O) groups excluding carboxylic acids is 2. The predicted octanol–water partition coefficient (Wildman–Crippen LogP) is 6.38. The van der Waals surface area contributed by atoms with Crippen LogP contribution >= 0.6 is 11.8 Å². The molecular formula is C32H36FN5O3SSi. The van der Waals surface area contributed by atoms with Crippen LogP contribution in [0.4, 0.5) is 14.9 Å². The lowest BCUT2D eigenvalue weighted by molar-refractivity contribution is -0.115. The maximum atomic E-state index is 15.7. The van der Waals surface area contributed by atoms with Gasteiger partial charge in [-0.25, -0.2) is 4.39 Å². The Morgan fingerprint density at radius 2 is 1.88 bits per heavy atom. The van der Waals surface area contributed by atoms with Gasteiger partial charge in [-0.1, -0.05) is 32.9 Å². The molecule has 0 bridgehead atoms. The summed E-state index contributed by atoms with van der Waals surface area (Å²) < 4.78 is 22.0. The number of amides is 2. The first-order valence-electron chi connectivity index (χ1n) is 14.4. The quantitative estimate of drug-likeness (QED) is 0.241. The second-order valence-electron chi connectivity index (χ2n) is 12.4. The normalized spacial score (nSPS) is 17.5. The molecule has 2 amide bonds. The highest BCUT2D eigenvalue weighted by atomic mass is 32.2. The Bertz CT molecular complexity index is 1660. The number of hydrogen-bond acceptors (Lipinski definition) is 8. The van der Waals surface area contributed by atoms with Gasteiger partial charge in [0, 0.05) is 56.5 Å². The molecule has 224 valence electrons. The van der Waals surface area contributed by atoms with Crippen molar-refractivity contribution in [1.29, 1.82) is 5.26 Å². The van der Waals surface area contributed by atoms with Gasteiger partial charge < -0.3 is 9.33 Å². The van der Waals surface area contributed by atoms with Crippen molar-refractivity contribution in [2.75, 3.05) is 44.2 Å². The third-order valence-electron chi connectivity index (χ3n) is 8.58. The lowest BCUT2D eigenvalue weighted by Gasteiger charge is -2.39. The molecule has 5 rings (SSSR count). The number of imide groups is 1. The van der Waals surface area contributed by atoms with E-state index in [4.69, 9.17) is 4.43 Å². The third kappa shape index (κ3) is 6.67. The minimum absolute atomic E-state index is 0.181. The van der Waals surface area contributed by atoms with E-state index in [1.54, 1.807) is 24.3 Å². The fourth-order valence-corrected chi connectivity index (χ4v) is 6.76. The second-order valence-corrected chi connectivity index (χ2v) is 18.2. The van der Waals surface area contributed by atoms with Gasteiger partial charge in [-0.05, 0) is 71.4 Å². The van der Waals surface area contributed by atoms with Crippen LogP contribution in [0.2, 0.25) is 18.1 Å². The summed E-state index contributed by atoms with van der Waals surface area (Å²) in [5, 5.41) is 12.6. The van der Waals surface area contributed by atoms with Crippen LogP contribution in [0.3, 0.4) is 0 Å². The fourth-order valence-electron chi connectivity index (χ4n) is 5.05. The number of rotatable bonds is 7. The van der Waals surface area contributed by atoms with Crippen molar-refractivity contribution in [3.63, 3.8) is 0 Å². The molecule has 0 unspecified atom stereocenters. The van der Waals surface area contributed by atoms with Gasteiger partial charge in [-0.3, -0.25) is 24.8 Å². The Morgan fingerprint density at radius 1 is 1.14 bits per heavy atom. The maximum absolute atomic E-state index is 15.7. The molecule has 0 saturated carbocycles. The number of anilines is 1. The van der Waals surface area contributed by atoms with E-state index in [9.17, 15) is 14.9 Å². The highest BCUT2D eigenvalue weighted by molar-refractivity contribution is 8.18. The maximum Gasteiger partial charge on any atom is 0.290 e. The van der Waals surface area contributed by atoms with Crippen molar-refractivity contribution in [2.24, 2.45) is 0 Å². The minimum atomic E-state index is -1.78. The molecule has 2 fully saturated rings. The summed E-state index contributed by atoms with van der Waals surface area (Å²) in [6, 6.07) is 12.7. The molecule has 2 aliphatic rings. The molecule has 1 N–H and O–H groups in total.